The minimum atomic E-state index is -0.591. The predicted molar refractivity (Wildman–Crippen MR) is 83.4 cm³/mol. The molecule has 1 aliphatic rings. The zero-order chi connectivity index (χ0) is 15.7. The molecule has 0 saturated heterocycles. The summed E-state index contributed by atoms with van der Waals surface area (Å²) < 4.78 is 9.32. The average Bonchev–Trinajstić information content (AvgIpc) is 2.94. The Morgan fingerprint density at radius 1 is 1.00 bits per heavy atom. The summed E-state index contributed by atoms with van der Waals surface area (Å²) in [5, 5.41) is 7.34. The molecule has 0 aromatic heterocycles. The number of aryl methyl sites for hydroxylation is 2. The van der Waals surface area contributed by atoms with Crippen molar-refractivity contribution in [3.05, 3.63) is 35.4 Å². The molecule has 0 heterocycles. The Kier molecular flexibility index (Phi) is 3.58. The van der Waals surface area contributed by atoms with Crippen molar-refractivity contribution in [1.29, 1.82) is 0 Å². The molecule has 1 aliphatic carbocycles. The third kappa shape index (κ3) is 2.32. The normalized spacial score (nSPS) is 12.1. The lowest BCUT2D eigenvalue weighted by atomic mass is 10.0. The van der Waals surface area contributed by atoms with E-state index in [2.05, 4.69) is 26.2 Å². The molecule has 0 aliphatic heterocycles. The highest BCUT2D eigenvalue weighted by Gasteiger charge is 2.21. The van der Waals surface area contributed by atoms with Crippen LogP contribution in [0.25, 0.3) is 10.8 Å². The largest absolute Gasteiger partial charge is 0.453 e. The van der Waals surface area contributed by atoms with Crippen molar-refractivity contribution in [2.75, 3.05) is 24.9 Å². The minimum Gasteiger partial charge on any atom is -0.453 e. The van der Waals surface area contributed by atoms with Gasteiger partial charge in [-0.05, 0) is 35.4 Å². The van der Waals surface area contributed by atoms with Gasteiger partial charge in [0, 0.05) is 5.39 Å². The van der Waals surface area contributed by atoms with Gasteiger partial charge in [-0.2, -0.15) is 0 Å². The van der Waals surface area contributed by atoms with Gasteiger partial charge in [0.15, 0.2) is 0 Å². The van der Waals surface area contributed by atoms with Crippen LogP contribution in [-0.4, -0.2) is 26.4 Å². The van der Waals surface area contributed by atoms with E-state index in [1.807, 2.05) is 18.2 Å². The van der Waals surface area contributed by atoms with Gasteiger partial charge in [-0.3, -0.25) is 10.6 Å². The van der Waals surface area contributed by atoms with Crippen LogP contribution in [0.5, 0.6) is 0 Å². The Morgan fingerprint density at radius 2 is 1.68 bits per heavy atom. The number of hydrogen-bond donors (Lipinski definition) is 2. The van der Waals surface area contributed by atoms with Crippen LogP contribution in [0.1, 0.15) is 11.1 Å². The quantitative estimate of drug-likeness (QED) is 0.892. The number of benzene rings is 2. The first-order chi connectivity index (χ1) is 10.6. The van der Waals surface area contributed by atoms with E-state index in [1.54, 1.807) is 0 Å². The van der Waals surface area contributed by atoms with Crippen molar-refractivity contribution in [2.45, 2.75) is 12.8 Å². The highest BCUT2D eigenvalue weighted by molar-refractivity contribution is 6.10. The van der Waals surface area contributed by atoms with E-state index < -0.39 is 12.2 Å². The molecule has 0 spiro atoms. The molecular formula is C16H16N2O4. The number of carbonyl (C=O) groups excluding carboxylic acids is 2. The highest BCUT2D eigenvalue weighted by atomic mass is 16.5. The lowest BCUT2D eigenvalue weighted by Gasteiger charge is -2.15. The first-order valence-electron chi connectivity index (χ1n) is 6.91. The number of methoxy groups -OCH3 is 2. The van der Waals surface area contributed by atoms with Crippen LogP contribution in [0.4, 0.5) is 21.0 Å². The van der Waals surface area contributed by atoms with E-state index in [1.165, 1.54) is 19.8 Å². The fraction of sp³-hybridized carbons (Fsp3) is 0.250. The lowest BCUT2D eigenvalue weighted by molar-refractivity contribution is 0.185. The zero-order valence-corrected chi connectivity index (χ0v) is 12.4. The predicted octanol–water partition coefficient (Wildman–Crippen LogP) is 3.30. The summed E-state index contributed by atoms with van der Waals surface area (Å²) in [4.78, 5) is 23.2. The second-order valence-electron chi connectivity index (χ2n) is 5.03. The van der Waals surface area contributed by atoms with Crippen molar-refractivity contribution in [3.63, 3.8) is 0 Å². The Hall–Kier alpha value is -2.76. The number of carbonyl (C=O) groups is 2. The molecule has 0 bridgehead atoms. The molecular weight excluding hydrogens is 284 g/mol. The number of rotatable bonds is 2. The van der Waals surface area contributed by atoms with Crippen LogP contribution in [-0.2, 0) is 22.3 Å². The molecule has 2 aromatic rings. The first kappa shape index (κ1) is 14.2. The van der Waals surface area contributed by atoms with Gasteiger partial charge in [-0.15, -0.1) is 0 Å². The Labute approximate surface area is 127 Å². The van der Waals surface area contributed by atoms with Crippen molar-refractivity contribution >= 4 is 34.3 Å². The van der Waals surface area contributed by atoms with Gasteiger partial charge in [-0.1, -0.05) is 18.2 Å². The van der Waals surface area contributed by atoms with Gasteiger partial charge in [0.1, 0.15) is 0 Å². The summed E-state index contributed by atoms with van der Waals surface area (Å²) in [6.07, 6.45) is 0.677. The summed E-state index contributed by atoms with van der Waals surface area (Å²) in [5.74, 6) is 0. The van der Waals surface area contributed by atoms with Crippen LogP contribution < -0.4 is 10.6 Å². The maximum Gasteiger partial charge on any atom is 0.411 e. The Morgan fingerprint density at radius 3 is 2.41 bits per heavy atom. The molecule has 0 fully saturated rings. The van der Waals surface area contributed by atoms with E-state index in [0.29, 0.717) is 11.4 Å². The third-order valence-corrected chi connectivity index (χ3v) is 3.83. The smallest absolute Gasteiger partial charge is 0.411 e. The van der Waals surface area contributed by atoms with Crippen LogP contribution in [0.2, 0.25) is 0 Å². The maximum atomic E-state index is 11.6. The van der Waals surface area contributed by atoms with Crippen LogP contribution in [0, 0.1) is 0 Å². The summed E-state index contributed by atoms with van der Waals surface area (Å²) in [7, 11) is 2.59. The molecule has 2 aromatic carbocycles. The van der Waals surface area contributed by atoms with Gasteiger partial charge >= 0.3 is 12.2 Å². The number of ether oxygens (including phenoxy) is 2. The van der Waals surface area contributed by atoms with Gasteiger partial charge in [0.25, 0.3) is 0 Å². The topological polar surface area (TPSA) is 76.7 Å². The fourth-order valence-corrected chi connectivity index (χ4v) is 2.87. The number of anilines is 2. The molecule has 6 nitrogen and oxygen atoms in total. The summed E-state index contributed by atoms with van der Waals surface area (Å²) >= 11 is 0. The van der Waals surface area contributed by atoms with Crippen molar-refractivity contribution in [3.8, 4) is 0 Å². The van der Waals surface area contributed by atoms with Crippen molar-refractivity contribution < 1.29 is 19.1 Å². The average molecular weight is 300 g/mol. The number of amides is 2. The molecule has 3 rings (SSSR count). The van der Waals surface area contributed by atoms with E-state index in [9.17, 15) is 9.59 Å². The highest BCUT2D eigenvalue weighted by Crippen LogP contribution is 2.40. The van der Waals surface area contributed by atoms with Crippen molar-refractivity contribution in [2.24, 2.45) is 0 Å². The molecule has 22 heavy (non-hydrogen) atoms. The molecule has 0 unspecified atom stereocenters. The van der Waals surface area contributed by atoms with Crippen LogP contribution in [0.3, 0.4) is 0 Å². The second kappa shape index (κ2) is 5.55. The second-order valence-corrected chi connectivity index (χ2v) is 5.03. The van der Waals surface area contributed by atoms with E-state index >= 15 is 0 Å². The van der Waals surface area contributed by atoms with Gasteiger partial charge in [0.05, 0.1) is 25.6 Å². The SMILES string of the molecule is COC(=O)Nc1cc2c3c(cccc3c1NC(=O)OC)CC2. The molecule has 114 valence electrons. The van der Waals surface area contributed by atoms with Crippen molar-refractivity contribution in [1.82, 2.24) is 0 Å². The third-order valence-electron chi connectivity index (χ3n) is 3.83. The molecule has 0 radical (unpaired) electrons. The molecule has 0 atom stereocenters. The standard InChI is InChI=1S/C16H16N2O4/c1-21-15(19)17-12-8-10-7-6-9-4-3-5-11(13(9)10)14(12)18-16(20)22-2/h3-5,8H,6-7H2,1-2H3,(H,17,19)(H,18,20). The summed E-state index contributed by atoms with van der Waals surface area (Å²) in [6, 6.07) is 7.81. The maximum absolute atomic E-state index is 11.6. The zero-order valence-electron chi connectivity index (χ0n) is 12.4. The fourth-order valence-electron chi connectivity index (χ4n) is 2.87. The van der Waals surface area contributed by atoms with Gasteiger partial charge in [0.2, 0.25) is 0 Å². The Balaban J connectivity index is 2.19. The Bertz CT molecular complexity index is 770. The van der Waals surface area contributed by atoms with Crippen LogP contribution in [0.15, 0.2) is 24.3 Å². The van der Waals surface area contributed by atoms with Gasteiger partial charge in [-0.25, -0.2) is 9.59 Å². The molecule has 2 amide bonds. The van der Waals surface area contributed by atoms with E-state index in [4.69, 9.17) is 0 Å². The number of hydrogen-bond acceptors (Lipinski definition) is 4. The number of nitrogens with one attached hydrogen (secondary N) is 2. The molecule has 6 heteroatoms. The molecule has 2 N–H and O–H groups in total. The summed E-state index contributed by atoms with van der Waals surface area (Å²) in [6.45, 7) is 0. The van der Waals surface area contributed by atoms with Crippen LogP contribution >= 0.6 is 0 Å². The minimum absolute atomic E-state index is 0.499. The molecule has 0 saturated carbocycles. The van der Waals surface area contributed by atoms with E-state index in [0.717, 1.165) is 29.2 Å². The first-order valence-corrected chi connectivity index (χ1v) is 6.91. The van der Waals surface area contributed by atoms with Gasteiger partial charge < -0.3 is 9.47 Å². The monoisotopic (exact) mass is 300 g/mol. The van der Waals surface area contributed by atoms with E-state index in [-0.39, 0.29) is 0 Å². The summed E-state index contributed by atoms with van der Waals surface area (Å²) in [5.41, 5.74) is 3.40. The lowest BCUT2D eigenvalue weighted by Crippen LogP contribution is -2.17.